The average Bonchev–Trinajstić information content (AvgIpc) is 2.92. The van der Waals surface area contributed by atoms with E-state index < -0.39 is 15.6 Å². The van der Waals surface area contributed by atoms with Gasteiger partial charge in [-0.3, -0.25) is 4.98 Å². The van der Waals surface area contributed by atoms with Crippen LogP contribution in [0.2, 0.25) is 0 Å². The number of nitrogens with zero attached hydrogens (tertiary/aromatic N) is 1. The van der Waals surface area contributed by atoms with Crippen molar-refractivity contribution in [2.45, 2.75) is 16.9 Å². The van der Waals surface area contributed by atoms with Gasteiger partial charge in [-0.25, -0.2) is 13.1 Å². The largest absolute Gasteiger partial charge is 0.386 e. The fourth-order valence-corrected chi connectivity index (χ4v) is 3.69. The first kappa shape index (κ1) is 14.4. The maximum absolute atomic E-state index is 12.5. The number of aliphatic hydroxyl groups is 1. The molecular weight excluding hydrogens is 292 g/mol. The van der Waals surface area contributed by atoms with Crippen LogP contribution >= 0.6 is 0 Å². The van der Waals surface area contributed by atoms with E-state index in [0.29, 0.717) is 23.9 Å². The number of sulfonamides is 1. The zero-order chi connectivity index (χ0) is 14.9. The SMILES string of the molecule is O=S(=O)(NCC1(O)CCOC1)c1cccc2ncccc12. The summed E-state index contributed by atoms with van der Waals surface area (Å²) in [6, 6.07) is 8.34. The summed E-state index contributed by atoms with van der Waals surface area (Å²) < 4.78 is 32.5. The lowest BCUT2D eigenvalue weighted by Crippen LogP contribution is -2.43. The Balaban J connectivity index is 1.90. The van der Waals surface area contributed by atoms with Crippen LogP contribution in [0.25, 0.3) is 10.9 Å². The number of hydrogen-bond donors (Lipinski definition) is 2. The Hall–Kier alpha value is -1.54. The predicted molar refractivity (Wildman–Crippen MR) is 77.3 cm³/mol. The molecule has 0 radical (unpaired) electrons. The van der Waals surface area contributed by atoms with Crippen molar-refractivity contribution >= 4 is 20.9 Å². The third kappa shape index (κ3) is 2.91. The molecule has 2 heterocycles. The van der Waals surface area contributed by atoms with Crippen LogP contribution in [0.4, 0.5) is 0 Å². The summed E-state index contributed by atoms with van der Waals surface area (Å²) in [6.07, 6.45) is 2.04. The molecular formula is C14H16N2O4S. The molecule has 1 fully saturated rings. The second-order valence-corrected chi connectivity index (χ2v) is 6.91. The number of ether oxygens (including phenoxy) is 1. The quantitative estimate of drug-likeness (QED) is 0.866. The van der Waals surface area contributed by atoms with E-state index in [1.165, 1.54) is 6.07 Å². The Morgan fingerprint density at radius 3 is 2.95 bits per heavy atom. The van der Waals surface area contributed by atoms with Crippen LogP contribution in [0.5, 0.6) is 0 Å². The molecule has 0 bridgehead atoms. The van der Waals surface area contributed by atoms with Crippen molar-refractivity contribution in [1.29, 1.82) is 0 Å². The molecule has 2 aromatic rings. The molecule has 1 aliphatic heterocycles. The molecule has 0 spiro atoms. The second kappa shape index (κ2) is 5.34. The Labute approximate surface area is 122 Å². The first-order valence-corrected chi connectivity index (χ1v) is 8.12. The van der Waals surface area contributed by atoms with Gasteiger partial charge in [0.1, 0.15) is 5.60 Å². The first-order chi connectivity index (χ1) is 10.0. The summed E-state index contributed by atoms with van der Waals surface area (Å²) in [5.74, 6) is 0. The number of benzene rings is 1. The summed E-state index contributed by atoms with van der Waals surface area (Å²) in [7, 11) is -3.72. The minimum atomic E-state index is -3.72. The summed E-state index contributed by atoms with van der Waals surface area (Å²) in [5, 5.41) is 10.7. The van der Waals surface area contributed by atoms with E-state index in [1.54, 1.807) is 30.5 Å². The van der Waals surface area contributed by atoms with E-state index >= 15 is 0 Å². The molecule has 1 aromatic heterocycles. The summed E-state index contributed by atoms with van der Waals surface area (Å²) in [4.78, 5) is 4.31. The van der Waals surface area contributed by atoms with Crippen LogP contribution in [0.1, 0.15) is 6.42 Å². The Bertz CT molecular complexity index is 749. The van der Waals surface area contributed by atoms with Crippen molar-refractivity contribution in [2.75, 3.05) is 19.8 Å². The standard InChI is InChI=1S/C14H16N2O4S/c17-14(6-8-20-10-14)9-16-21(18,19)13-5-1-4-12-11(13)3-2-7-15-12/h1-5,7,16-17H,6,8-10H2. The van der Waals surface area contributed by atoms with Gasteiger partial charge in [0.25, 0.3) is 0 Å². The van der Waals surface area contributed by atoms with E-state index in [0.717, 1.165) is 0 Å². The van der Waals surface area contributed by atoms with Crippen LogP contribution in [-0.2, 0) is 14.8 Å². The number of aromatic nitrogens is 1. The lowest BCUT2D eigenvalue weighted by atomic mass is 10.1. The average molecular weight is 308 g/mol. The summed E-state index contributed by atoms with van der Waals surface area (Å²) >= 11 is 0. The molecule has 1 saturated heterocycles. The fourth-order valence-electron chi connectivity index (χ4n) is 2.35. The van der Waals surface area contributed by atoms with E-state index in [1.807, 2.05) is 0 Å². The molecule has 7 heteroatoms. The maximum atomic E-state index is 12.5. The second-order valence-electron chi connectivity index (χ2n) is 5.18. The van der Waals surface area contributed by atoms with E-state index in [4.69, 9.17) is 4.74 Å². The number of fused-ring (bicyclic) bond motifs is 1. The summed E-state index contributed by atoms with van der Waals surface area (Å²) in [5.41, 5.74) is -0.515. The van der Waals surface area contributed by atoms with E-state index in [9.17, 15) is 13.5 Å². The van der Waals surface area contributed by atoms with Gasteiger partial charge in [0, 0.05) is 31.2 Å². The molecule has 1 aromatic carbocycles. The molecule has 0 aliphatic carbocycles. The molecule has 1 atom stereocenters. The minimum absolute atomic E-state index is 0.0635. The van der Waals surface area contributed by atoms with Crippen LogP contribution in [0.3, 0.4) is 0 Å². The van der Waals surface area contributed by atoms with Crippen LogP contribution < -0.4 is 4.72 Å². The van der Waals surface area contributed by atoms with Crippen molar-refractivity contribution in [3.05, 3.63) is 36.5 Å². The highest BCUT2D eigenvalue weighted by Crippen LogP contribution is 2.22. The highest BCUT2D eigenvalue weighted by molar-refractivity contribution is 7.89. The zero-order valence-electron chi connectivity index (χ0n) is 11.3. The van der Waals surface area contributed by atoms with E-state index in [-0.39, 0.29) is 18.0 Å². The molecule has 3 rings (SSSR count). The van der Waals surface area contributed by atoms with Gasteiger partial charge in [0.15, 0.2) is 0 Å². The number of hydrogen-bond acceptors (Lipinski definition) is 5. The Morgan fingerprint density at radius 1 is 1.33 bits per heavy atom. The maximum Gasteiger partial charge on any atom is 0.241 e. The van der Waals surface area contributed by atoms with Gasteiger partial charge in [-0.2, -0.15) is 0 Å². The van der Waals surface area contributed by atoms with Gasteiger partial charge in [-0.05, 0) is 24.3 Å². The van der Waals surface area contributed by atoms with Gasteiger partial charge >= 0.3 is 0 Å². The lowest BCUT2D eigenvalue weighted by Gasteiger charge is -2.20. The first-order valence-electron chi connectivity index (χ1n) is 6.64. The number of rotatable bonds is 4. The zero-order valence-corrected chi connectivity index (χ0v) is 12.1. The summed E-state index contributed by atoms with van der Waals surface area (Å²) in [6.45, 7) is 0.523. The molecule has 2 N–H and O–H groups in total. The van der Waals surface area contributed by atoms with Crippen LogP contribution in [-0.4, -0.2) is 43.9 Å². The van der Waals surface area contributed by atoms with Gasteiger partial charge in [0.2, 0.25) is 10.0 Å². The molecule has 0 amide bonds. The molecule has 21 heavy (non-hydrogen) atoms. The molecule has 1 unspecified atom stereocenters. The fraction of sp³-hybridized carbons (Fsp3) is 0.357. The molecule has 6 nitrogen and oxygen atoms in total. The van der Waals surface area contributed by atoms with Gasteiger partial charge in [-0.15, -0.1) is 0 Å². The number of nitrogens with one attached hydrogen (secondary N) is 1. The monoisotopic (exact) mass is 308 g/mol. The highest BCUT2D eigenvalue weighted by Gasteiger charge is 2.33. The molecule has 1 aliphatic rings. The van der Waals surface area contributed by atoms with Crippen molar-refractivity contribution in [3.63, 3.8) is 0 Å². The van der Waals surface area contributed by atoms with Gasteiger partial charge in [-0.1, -0.05) is 6.07 Å². The lowest BCUT2D eigenvalue weighted by molar-refractivity contribution is 0.0314. The number of pyridine rings is 1. The van der Waals surface area contributed by atoms with Crippen LogP contribution in [0, 0.1) is 0 Å². The minimum Gasteiger partial charge on any atom is -0.386 e. The van der Waals surface area contributed by atoms with Gasteiger partial charge in [0.05, 0.1) is 17.0 Å². The Kier molecular flexibility index (Phi) is 3.66. The molecule has 0 saturated carbocycles. The van der Waals surface area contributed by atoms with Crippen molar-refractivity contribution < 1.29 is 18.3 Å². The molecule has 112 valence electrons. The van der Waals surface area contributed by atoms with Crippen LogP contribution in [0.15, 0.2) is 41.4 Å². The third-order valence-corrected chi connectivity index (χ3v) is 5.03. The smallest absolute Gasteiger partial charge is 0.241 e. The predicted octanol–water partition coefficient (Wildman–Crippen LogP) is 0.664. The normalized spacial score (nSPS) is 22.7. The topological polar surface area (TPSA) is 88.5 Å². The van der Waals surface area contributed by atoms with Gasteiger partial charge < -0.3 is 9.84 Å². The van der Waals surface area contributed by atoms with Crippen molar-refractivity contribution in [1.82, 2.24) is 9.71 Å². The Morgan fingerprint density at radius 2 is 2.19 bits per heavy atom. The third-order valence-electron chi connectivity index (χ3n) is 3.57. The van der Waals surface area contributed by atoms with Crippen molar-refractivity contribution in [3.8, 4) is 0 Å². The van der Waals surface area contributed by atoms with Crippen molar-refractivity contribution in [2.24, 2.45) is 0 Å². The van der Waals surface area contributed by atoms with E-state index in [2.05, 4.69) is 9.71 Å². The highest BCUT2D eigenvalue weighted by atomic mass is 32.2.